The Morgan fingerprint density at radius 3 is 3.08 bits per heavy atom. The summed E-state index contributed by atoms with van der Waals surface area (Å²) in [5, 5.41) is 2.83. The predicted molar refractivity (Wildman–Crippen MR) is 48.7 cm³/mol. The maximum absolute atomic E-state index is 11.2. The van der Waals surface area contributed by atoms with Crippen LogP contribution in [0.4, 0.5) is 0 Å². The van der Waals surface area contributed by atoms with Crippen molar-refractivity contribution in [1.82, 2.24) is 10.3 Å². The van der Waals surface area contributed by atoms with E-state index in [0.29, 0.717) is 0 Å². The van der Waals surface area contributed by atoms with Crippen molar-refractivity contribution in [2.24, 2.45) is 0 Å². The summed E-state index contributed by atoms with van der Waals surface area (Å²) in [5.74, 6) is 0.0544. The van der Waals surface area contributed by atoms with Crippen LogP contribution in [0.1, 0.15) is 22.5 Å². The van der Waals surface area contributed by atoms with Gasteiger partial charge in [-0.1, -0.05) is 0 Å². The number of aromatic amines is 1. The van der Waals surface area contributed by atoms with Crippen molar-refractivity contribution in [1.29, 1.82) is 0 Å². The molecule has 0 aliphatic carbocycles. The fraction of sp³-hybridized carbons (Fsp3) is 0.375. The third-order valence-electron chi connectivity index (χ3n) is 1.97. The lowest BCUT2D eigenvalue weighted by atomic mass is 10.2. The minimum atomic E-state index is 0. The number of H-pyrrole nitrogens is 1. The van der Waals surface area contributed by atoms with Gasteiger partial charge in [0.2, 0.25) is 0 Å². The van der Waals surface area contributed by atoms with Crippen molar-refractivity contribution >= 4 is 18.3 Å². The van der Waals surface area contributed by atoms with E-state index in [2.05, 4.69) is 10.3 Å². The molecule has 1 aromatic rings. The summed E-state index contributed by atoms with van der Waals surface area (Å²) in [4.78, 5) is 14.3. The van der Waals surface area contributed by atoms with Crippen molar-refractivity contribution in [3.8, 4) is 0 Å². The Morgan fingerprint density at radius 1 is 1.42 bits per heavy atom. The van der Waals surface area contributed by atoms with Gasteiger partial charge >= 0.3 is 0 Å². The van der Waals surface area contributed by atoms with E-state index >= 15 is 0 Å². The fourth-order valence-electron chi connectivity index (χ4n) is 1.39. The van der Waals surface area contributed by atoms with Crippen LogP contribution in [0.15, 0.2) is 12.3 Å². The third-order valence-corrected chi connectivity index (χ3v) is 1.97. The van der Waals surface area contributed by atoms with E-state index in [9.17, 15) is 4.79 Å². The number of hydrogen-bond donors (Lipinski definition) is 2. The van der Waals surface area contributed by atoms with E-state index < -0.39 is 0 Å². The number of halogens is 1. The molecular formula is C8H11ClN2O. The molecule has 1 aromatic heterocycles. The van der Waals surface area contributed by atoms with Gasteiger partial charge in [0.15, 0.2) is 0 Å². The van der Waals surface area contributed by atoms with Crippen LogP contribution in [0.2, 0.25) is 0 Å². The molecule has 0 saturated heterocycles. The molecule has 1 aliphatic rings. The summed E-state index contributed by atoms with van der Waals surface area (Å²) in [5.41, 5.74) is 1.88. The largest absolute Gasteiger partial charge is 0.364 e. The van der Waals surface area contributed by atoms with Crippen molar-refractivity contribution in [3.05, 3.63) is 23.5 Å². The Balaban J connectivity index is 0.000000720. The van der Waals surface area contributed by atoms with E-state index in [4.69, 9.17) is 0 Å². The second kappa shape index (κ2) is 3.63. The van der Waals surface area contributed by atoms with Crippen LogP contribution in [0, 0.1) is 0 Å². The molecule has 3 nitrogen and oxygen atoms in total. The number of fused-ring (bicyclic) bond motifs is 1. The smallest absolute Gasteiger partial charge is 0.253 e. The molecule has 2 heterocycles. The van der Waals surface area contributed by atoms with Crippen molar-refractivity contribution in [3.63, 3.8) is 0 Å². The van der Waals surface area contributed by atoms with Crippen LogP contribution < -0.4 is 5.32 Å². The molecule has 0 atom stereocenters. The second-order valence-corrected chi connectivity index (χ2v) is 2.73. The average Bonchev–Trinajstić information content (AvgIpc) is 2.40. The molecule has 0 fully saturated rings. The SMILES string of the molecule is Cl.O=C1NCCCc2[nH]ccc21. The number of aryl methyl sites for hydroxylation is 1. The lowest BCUT2D eigenvalue weighted by molar-refractivity contribution is 0.0956. The molecule has 1 aliphatic heterocycles. The minimum Gasteiger partial charge on any atom is -0.364 e. The molecule has 66 valence electrons. The fourth-order valence-corrected chi connectivity index (χ4v) is 1.39. The summed E-state index contributed by atoms with van der Waals surface area (Å²) in [6.45, 7) is 0.793. The Labute approximate surface area is 77.0 Å². The van der Waals surface area contributed by atoms with E-state index in [0.717, 1.165) is 30.6 Å². The Hall–Kier alpha value is -0.960. The first-order valence-corrected chi connectivity index (χ1v) is 3.82. The second-order valence-electron chi connectivity index (χ2n) is 2.73. The Kier molecular flexibility index (Phi) is 2.76. The molecule has 2 N–H and O–H groups in total. The number of aromatic nitrogens is 1. The molecule has 0 unspecified atom stereocenters. The van der Waals surface area contributed by atoms with Gasteiger partial charge in [-0.3, -0.25) is 4.79 Å². The van der Waals surface area contributed by atoms with Gasteiger partial charge in [0, 0.05) is 18.4 Å². The van der Waals surface area contributed by atoms with Gasteiger partial charge in [0.05, 0.1) is 5.56 Å². The maximum Gasteiger partial charge on any atom is 0.253 e. The van der Waals surface area contributed by atoms with Gasteiger partial charge < -0.3 is 10.3 Å². The number of rotatable bonds is 0. The zero-order valence-corrected chi connectivity index (χ0v) is 7.41. The van der Waals surface area contributed by atoms with Gasteiger partial charge in [-0.25, -0.2) is 0 Å². The minimum absolute atomic E-state index is 0. The summed E-state index contributed by atoms with van der Waals surface area (Å²) >= 11 is 0. The monoisotopic (exact) mass is 186 g/mol. The number of amides is 1. The van der Waals surface area contributed by atoms with Gasteiger partial charge in [0.25, 0.3) is 5.91 Å². The van der Waals surface area contributed by atoms with Gasteiger partial charge in [-0.05, 0) is 18.9 Å². The van der Waals surface area contributed by atoms with Crippen molar-refractivity contribution in [2.45, 2.75) is 12.8 Å². The summed E-state index contributed by atoms with van der Waals surface area (Å²) in [7, 11) is 0. The number of carbonyl (C=O) groups excluding carboxylic acids is 1. The predicted octanol–water partition coefficient (Wildman–Crippen LogP) is 1.11. The summed E-state index contributed by atoms with van der Waals surface area (Å²) in [6.07, 6.45) is 3.82. The summed E-state index contributed by atoms with van der Waals surface area (Å²) in [6, 6.07) is 1.83. The molecule has 0 radical (unpaired) electrons. The highest BCUT2D eigenvalue weighted by Gasteiger charge is 2.14. The van der Waals surface area contributed by atoms with E-state index in [1.54, 1.807) is 0 Å². The number of nitrogens with one attached hydrogen (secondary N) is 2. The van der Waals surface area contributed by atoms with Crippen LogP contribution in [-0.2, 0) is 6.42 Å². The molecule has 12 heavy (non-hydrogen) atoms. The maximum atomic E-state index is 11.2. The molecule has 0 bridgehead atoms. The lowest BCUT2D eigenvalue weighted by Crippen LogP contribution is -2.22. The molecular weight excluding hydrogens is 176 g/mol. The van der Waals surface area contributed by atoms with Gasteiger partial charge in [-0.2, -0.15) is 0 Å². The quantitative estimate of drug-likeness (QED) is 0.627. The first-order valence-electron chi connectivity index (χ1n) is 3.82. The van der Waals surface area contributed by atoms with Crippen LogP contribution in [0.5, 0.6) is 0 Å². The standard InChI is InChI=1S/C8H10N2O.ClH/c11-8-6-3-5-9-7(6)2-1-4-10-8;/h3,5,9H,1-2,4H2,(H,10,11);1H. The highest BCUT2D eigenvalue weighted by Crippen LogP contribution is 2.11. The zero-order chi connectivity index (χ0) is 7.68. The molecule has 1 amide bonds. The van der Waals surface area contributed by atoms with Crippen LogP contribution in [0.3, 0.4) is 0 Å². The first kappa shape index (κ1) is 9.13. The van der Waals surface area contributed by atoms with E-state index in [-0.39, 0.29) is 18.3 Å². The molecule has 0 spiro atoms. The van der Waals surface area contributed by atoms with Gasteiger partial charge in [-0.15, -0.1) is 12.4 Å². The third kappa shape index (κ3) is 1.46. The van der Waals surface area contributed by atoms with E-state index in [1.165, 1.54) is 0 Å². The Bertz CT molecular complexity index is 282. The van der Waals surface area contributed by atoms with Crippen LogP contribution >= 0.6 is 12.4 Å². The van der Waals surface area contributed by atoms with Crippen LogP contribution in [-0.4, -0.2) is 17.4 Å². The van der Waals surface area contributed by atoms with Crippen LogP contribution in [0.25, 0.3) is 0 Å². The first-order chi connectivity index (χ1) is 5.38. The Morgan fingerprint density at radius 2 is 2.25 bits per heavy atom. The average molecular weight is 187 g/mol. The zero-order valence-electron chi connectivity index (χ0n) is 6.59. The van der Waals surface area contributed by atoms with Crippen molar-refractivity contribution in [2.75, 3.05) is 6.54 Å². The summed E-state index contributed by atoms with van der Waals surface area (Å²) < 4.78 is 0. The highest BCUT2D eigenvalue weighted by atomic mass is 35.5. The highest BCUT2D eigenvalue weighted by molar-refractivity contribution is 5.95. The lowest BCUT2D eigenvalue weighted by Gasteiger charge is -1.95. The van der Waals surface area contributed by atoms with Gasteiger partial charge in [0.1, 0.15) is 0 Å². The van der Waals surface area contributed by atoms with Crippen molar-refractivity contribution < 1.29 is 4.79 Å². The number of hydrogen-bond acceptors (Lipinski definition) is 1. The molecule has 0 saturated carbocycles. The normalized spacial score (nSPS) is 15.5. The van der Waals surface area contributed by atoms with E-state index in [1.807, 2.05) is 12.3 Å². The topological polar surface area (TPSA) is 44.9 Å². The molecule has 0 aromatic carbocycles. The number of carbonyl (C=O) groups is 1. The molecule has 2 rings (SSSR count). The molecule has 4 heteroatoms.